The van der Waals surface area contributed by atoms with Gasteiger partial charge < -0.3 is 0 Å². The van der Waals surface area contributed by atoms with E-state index in [0.717, 1.165) is 74.1 Å². The van der Waals surface area contributed by atoms with E-state index in [2.05, 4.69) is 51.5 Å². The molecule has 0 atom stereocenters. The maximum absolute atomic E-state index is 12.2. The number of benzene rings is 2. The van der Waals surface area contributed by atoms with Crippen molar-refractivity contribution in [3.63, 3.8) is 0 Å². The fourth-order valence-electron chi connectivity index (χ4n) is 5.41. The summed E-state index contributed by atoms with van der Waals surface area (Å²) < 4.78 is 46.5. The first-order valence-electron chi connectivity index (χ1n) is 15.7. The number of rotatable bonds is 5. The Kier molecular flexibility index (Phi) is 14.0. The molecular formula is C34H54N4O5S2. The van der Waals surface area contributed by atoms with Crippen LogP contribution >= 0.6 is 0 Å². The third-order valence-electron chi connectivity index (χ3n) is 8.70. The van der Waals surface area contributed by atoms with E-state index in [1.54, 1.807) is 41.2 Å². The molecule has 2 saturated carbocycles. The molecule has 0 bridgehead atoms. The lowest BCUT2D eigenvalue weighted by atomic mass is 9.72. The van der Waals surface area contributed by atoms with E-state index in [9.17, 15) is 21.6 Å². The number of ketones is 1. The molecule has 0 aromatic heterocycles. The fraction of sp³-hybridized carbons (Fsp3) is 0.588. The molecule has 11 heteroatoms. The van der Waals surface area contributed by atoms with Gasteiger partial charge in [-0.1, -0.05) is 76.9 Å². The van der Waals surface area contributed by atoms with Crippen molar-refractivity contribution in [2.24, 2.45) is 33.6 Å². The largest absolute Gasteiger partial charge is 0.300 e. The van der Waals surface area contributed by atoms with Gasteiger partial charge in [-0.15, -0.1) is 0 Å². The zero-order chi connectivity index (χ0) is 34.1. The van der Waals surface area contributed by atoms with Crippen LogP contribution in [-0.4, -0.2) is 28.3 Å². The number of nitrogens with two attached hydrogens (primary N) is 1. The van der Waals surface area contributed by atoms with Crippen molar-refractivity contribution in [3.8, 4) is 0 Å². The van der Waals surface area contributed by atoms with Crippen LogP contribution < -0.4 is 15.5 Å². The molecule has 0 aliphatic heterocycles. The Balaban J connectivity index is 0.000000259. The summed E-state index contributed by atoms with van der Waals surface area (Å²) in [7, 11) is -7.04. The van der Waals surface area contributed by atoms with Crippen LogP contribution in [0.4, 0.5) is 0 Å². The summed E-state index contributed by atoms with van der Waals surface area (Å²) in [5.74, 6) is 6.75. The SMILES string of the molecule is CC(C)(C)C1CCC(=O)CC1.Cc1ccc(S(=O)(=O)NN)cc1.Cc1ccc(S(=O)(=O)NN=C2CCC(C(C)(C)C)CC2)cc1. The van der Waals surface area contributed by atoms with Crippen molar-refractivity contribution >= 4 is 31.5 Å². The van der Waals surface area contributed by atoms with Gasteiger partial charge in [0.1, 0.15) is 5.78 Å². The van der Waals surface area contributed by atoms with Gasteiger partial charge >= 0.3 is 0 Å². The fourth-order valence-corrected chi connectivity index (χ4v) is 6.89. The zero-order valence-electron chi connectivity index (χ0n) is 28.3. The number of carbonyl (C=O) groups excluding carboxylic acids is 1. The predicted molar refractivity (Wildman–Crippen MR) is 182 cm³/mol. The highest BCUT2D eigenvalue weighted by molar-refractivity contribution is 7.89. The normalized spacial score (nSPS) is 18.2. The van der Waals surface area contributed by atoms with Crippen LogP contribution in [0.2, 0.25) is 0 Å². The highest BCUT2D eigenvalue weighted by Crippen LogP contribution is 2.37. The zero-order valence-corrected chi connectivity index (χ0v) is 29.9. The third kappa shape index (κ3) is 13.0. The van der Waals surface area contributed by atoms with E-state index >= 15 is 0 Å². The summed E-state index contributed by atoms with van der Waals surface area (Å²) in [6.07, 6.45) is 7.77. The highest BCUT2D eigenvalue weighted by atomic mass is 32.2. The number of hydrogen-bond acceptors (Lipinski definition) is 7. The first-order chi connectivity index (χ1) is 20.7. The second kappa shape index (κ2) is 16.3. The molecule has 0 radical (unpaired) electrons. The molecule has 2 aromatic rings. The highest BCUT2D eigenvalue weighted by Gasteiger charge is 2.29. The van der Waals surface area contributed by atoms with Crippen molar-refractivity contribution in [1.82, 2.24) is 9.66 Å². The van der Waals surface area contributed by atoms with E-state index in [1.165, 1.54) is 12.1 Å². The lowest BCUT2D eigenvalue weighted by molar-refractivity contribution is -0.121. The van der Waals surface area contributed by atoms with Crippen LogP contribution in [-0.2, 0) is 24.8 Å². The first kappa shape index (κ1) is 38.6. The molecule has 0 saturated heterocycles. The van der Waals surface area contributed by atoms with Crippen molar-refractivity contribution in [1.29, 1.82) is 0 Å². The Hall–Kier alpha value is -2.60. The number of hydrazine groups is 1. The number of hydrogen-bond donors (Lipinski definition) is 3. The minimum Gasteiger partial charge on any atom is -0.300 e. The molecule has 2 aliphatic rings. The first-order valence-corrected chi connectivity index (χ1v) is 18.7. The molecule has 0 heterocycles. The summed E-state index contributed by atoms with van der Waals surface area (Å²) >= 11 is 0. The number of sulfonamides is 2. The number of nitrogens with zero attached hydrogens (tertiary/aromatic N) is 1. The van der Waals surface area contributed by atoms with Crippen LogP contribution in [0.5, 0.6) is 0 Å². The molecule has 0 spiro atoms. The molecule has 2 aliphatic carbocycles. The Morgan fingerprint density at radius 2 is 1.00 bits per heavy atom. The second-order valence-corrected chi connectivity index (χ2v) is 17.7. The Morgan fingerprint density at radius 3 is 1.36 bits per heavy atom. The smallest absolute Gasteiger partial charge is 0.276 e. The molecular weight excluding hydrogens is 609 g/mol. The predicted octanol–water partition coefficient (Wildman–Crippen LogP) is 6.80. The number of carbonyl (C=O) groups is 1. The number of aryl methyl sites for hydroxylation is 2. The monoisotopic (exact) mass is 662 g/mol. The quantitative estimate of drug-likeness (QED) is 0.237. The lowest BCUT2D eigenvalue weighted by Crippen LogP contribution is -2.30. The van der Waals surface area contributed by atoms with Gasteiger partial charge in [0.15, 0.2) is 0 Å². The summed E-state index contributed by atoms with van der Waals surface area (Å²) in [4.78, 5) is 15.5. The minimum absolute atomic E-state index is 0.176. The van der Waals surface area contributed by atoms with Crippen molar-refractivity contribution in [2.45, 2.75) is 117 Å². The van der Waals surface area contributed by atoms with Crippen LogP contribution in [0, 0.1) is 36.5 Å². The van der Waals surface area contributed by atoms with Crippen LogP contribution in [0.15, 0.2) is 63.4 Å². The molecule has 0 unspecified atom stereocenters. The number of nitrogens with one attached hydrogen (secondary N) is 2. The molecule has 252 valence electrons. The standard InChI is InChI=1S/C17H26N2O2S.C10H18O.C7H10N2O2S/c1-13-5-11-16(12-6-13)22(20,21)19-18-15-9-7-14(8-10-15)17(2,3)4;1-10(2,3)8-4-6-9(11)7-5-8;1-6-2-4-7(5-3-6)12(10,11)9-8/h5-6,11-12,14,19H,7-10H2,1-4H3;8H,4-7H2,1-3H3;2-5,9H,8H2,1H3. The van der Waals surface area contributed by atoms with Crippen molar-refractivity contribution < 1.29 is 21.6 Å². The van der Waals surface area contributed by atoms with Gasteiger partial charge in [0.2, 0.25) is 0 Å². The average Bonchev–Trinajstić information content (AvgIpc) is 2.97. The summed E-state index contributed by atoms with van der Waals surface area (Å²) in [6, 6.07) is 13.2. The van der Waals surface area contributed by atoms with Crippen LogP contribution in [0.1, 0.15) is 104 Å². The minimum atomic E-state index is -3.56. The Morgan fingerprint density at radius 1 is 0.644 bits per heavy atom. The summed E-state index contributed by atoms with van der Waals surface area (Å²) in [6.45, 7) is 17.4. The van der Waals surface area contributed by atoms with Gasteiger partial charge in [0.05, 0.1) is 9.79 Å². The molecule has 4 N–H and O–H groups in total. The van der Waals surface area contributed by atoms with Gasteiger partial charge in [-0.05, 0) is 99.3 Å². The van der Waals surface area contributed by atoms with Gasteiger partial charge in [-0.25, -0.2) is 13.2 Å². The average molecular weight is 663 g/mol. The molecule has 4 rings (SSSR count). The van der Waals surface area contributed by atoms with Crippen LogP contribution in [0.25, 0.3) is 0 Å². The molecule has 45 heavy (non-hydrogen) atoms. The van der Waals surface area contributed by atoms with E-state index in [0.29, 0.717) is 22.5 Å². The number of hydrazone groups is 1. The number of Topliss-reactive ketones (excluding diaryl/α,β-unsaturated/α-hetero) is 1. The molecule has 9 nitrogen and oxygen atoms in total. The molecule has 2 fully saturated rings. The lowest BCUT2D eigenvalue weighted by Gasteiger charge is -2.34. The second-order valence-electron chi connectivity index (χ2n) is 14.3. The Labute approximate surface area is 271 Å². The summed E-state index contributed by atoms with van der Waals surface area (Å²) in [5.41, 5.74) is 3.71. The molecule has 2 aromatic carbocycles. The third-order valence-corrected chi connectivity index (χ3v) is 11.1. The van der Waals surface area contributed by atoms with Gasteiger partial charge in [-0.2, -0.15) is 18.4 Å². The topological polar surface area (TPSA) is 148 Å². The van der Waals surface area contributed by atoms with Crippen molar-refractivity contribution in [2.75, 3.05) is 0 Å². The van der Waals surface area contributed by atoms with E-state index in [-0.39, 0.29) is 9.79 Å². The maximum atomic E-state index is 12.2. The van der Waals surface area contributed by atoms with E-state index in [1.807, 2.05) is 13.8 Å². The van der Waals surface area contributed by atoms with Crippen LogP contribution in [0.3, 0.4) is 0 Å². The van der Waals surface area contributed by atoms with Crippen molar-refractivity contribution in [3.05, 3.63) is 59.7 Å². The van der Waals surface area contributed by atoms with Gasteiger partial charge in [0.25, 0.3) is 20.0 Å². The maximum Gasteiger partial charge on any atom is 0.276 e. The van der Waals surface area contributed by atoms with E-state index < -0.39 is 20.0 Å². The van der Waals surface area contributed by atoms with Gasteiger partial charge in [0, 0.05) is 18.6 Å². The molecule has 0 amide bonds. The van der Waals surface area contributed by atoms with Gasteiger partial charge in [-0.3, -0.25) is 10.6 Å². The van der Waals surface area contributed by atoms with E-state index in [4.69, 9.17) is 5.84 Å². The Bertz CT molecular complexity index is 1470. The summed E-state index contributed by atoms with van der Waals surface area (Å²) in [5, 5.41) is 4.15.